The molecule has 21 heavy (non-hydrogen) atoms. The lowest BCUT2D eigenvalue weighted by atomic mass is 10.2. The lowest BCUT2D eigenvalue weighted by Gasteiger charge is -2.12. The average Bonchev–Trinajstić information content (AvgIpc) is 2.99. The third-order valence-electron chi connectivity index (χ3n) is 3.02. The van der Waals surface area contributed by atoms with Gasteiger partial charge in [-0.15, -0.1) is 0 Å². The summed E-state index contributed by atoms with van der Waals surface area (Å²) < 4.78 is 1.67. The molecule has 0 radical (unpaired) electrons. The van der Waals surface area contributed by atoms with Crippen molar-refractivity contribution in [3.63, 3.8) is 0 Å². The molecule has 3 rings (SSSR count). The minimum Gasteiger partial charge on any atom is -0.508 e. The Hall–Kier alpha value is -2.53. The quantitative estimate of drug-likeness (QED) is 0.776. The van der Waals surface area contributed by atoms with Crippen molar-refractivity contribution in [3.05, 3.63) is 65.7 Å². The minimum atomic E-state index is 0.247. The van der Waals surface area contributed by atoms with Gasteiger partial charge >= 0.3 is 0 Å². The Morgan fingerprint density at radius 1 is 1.19 bits per heavy atom. The van der Waals surface area contributed by atoms with Crippen LogP contribution in [0.3, 0.4) is 0 Å². The van der Waals surface area contributed by atoms with Crippen molar-refractivity contribution in [1.82, 2.24) is 14.8 Å². The van der Waals surface area contributed by atoms with Gasteiger partial charge in [-0.3, -0.25) is 0 Å². The third-order valence-corrected chi connectivity index (χ3v) is 3.25. The molecule has 6 heteroatoms. The van der Waals surface area contributed by atoms with E-state index in [-0.39, 0.29) is 5.75 Å². The summed E-state index contributed by atoms with van der Waals surface area (Å²) in [4.78, 5) is 3.95. The second kappa shape index (κ2) is 5.85. The van der Waals surface area contributed by atoms with E-state index < -0.39 is 0 Å². The Morgan fingerprint density at radius 2 is 2.10 bits per heavy atom. The molecular formula is C15H13ClN4O. The predicted molar refractivity (Wildman–Crippen MR) is 81.8 cm³/mol. The van der Waals surface area contributed by atoms with E-state index in [1.54, 1.807) is 29.2 Å². The van der Waals surface area contributed by atoms with Crippen LogP contribution in [-0.4, -0.2) is 19.9 Å². The van der Waals surface area contributed by atoms with Crippen LogP contribution in [-0.2, 0) is 6.54 Å². The first-order valence-corrected chi connectivity index (χ1v) is 6.76. The van der Waals surface area contributed by atoms with Gasteiger partial charge in [-0.2, -0.15) is 5.10 Å². The molecule has 1 heterocycles. The summed E-state index contributed by atoms with van der Waals surface area (Å²) in [5, 5.41) is 17.6. The predicted octanol–water partition coefficient (Wildman–Crippen LogP) is 3.24. The summed E-state index contributed by atoms with van der Waals surface area (Å²) in [6.07, 6.45) is 3.11. The molecule has 0 atom stereocenters. The van der Waals surface area contributed by atoms with Crippen LogP contribution in [0.15, 0.2) is 55.1 Å². The summed E-state index contributed by atoms with van der Waals surface area (Å²) in [6.45, 7) is 0.566. The summed E-state index contributed by atoms with van der Waals surface area (Å²) >= 11 is 6.06. The molecule has 0 spiro atoms. The molecule has 0 amide bonds. The van der Waals surface area contributed by atoms with Crippen molar-refractivity contribution < 1.29 is 5.11 Å². The van der Waals surface area contributed by atoms with E-state index in [1.807, 2.05) is 24.3 Å². The Morgan fingerprint density at radius 3 is 2.86 bits per heavy atom. The van der Waals surface area contributed by atoms with Gasteiger partial charge in [0.05, 0.1) is 11.4 Å². The highest BCUT2D eigenvalue weighted by atomic mass is 35.5. The van der Waals surface area contributed by atoms with Crippen LogP contribution in [0.5, 0.6) is 5.75 Å². The zero-order valence-electron chi connectivity index (χ0n) is 11.1. The molecule has 1 aromatic heterocycles. The van der Waals surface area contributed by atoms with Crippen LogP contribution in [0, 0.1) is 0 Å². The van der Waals surface area contributed by atoms with Gasteiger partial charge in [-0.25, -0.2) is 9.67 Å². The number of aromatic nitrogens is 3. The van der Waals surface area contributed by atoms with E-state index in [2.05, 4.69) is 15.4 Å². The first kappa shape index (κ1) is 13.5. The van der Waals surface area contributed by atoms with Gasteiger partial charge in [0.1, 0.15) is 18.4 Å². The van der Waals surface area contributed by atoms with E-state index >= 15 is 0 Å². The zero-order chi connectivity index (χ0) is 14.7. The second-order valence-electron chi connectivity index (χ2n) is 4.52. The van der Waals surface area contributed by atoms with Gasteiger partial charge in [0, 0.05) is 11.6 Å². The fourth-order valence-corrected chi connectivity index (χ4v) is 2.22. The molecule has 0 aliphatic heterocycles. The fraction of sp³-hybridized carbons (Fsp3) is 0.0667. The van der Waals surface area contributed by atoms with Crippen LogP contribution in [0.25, 0.3) is 5.69 Å². The van der Waals surface area contributed by atoms with Gasteiger partial charge in [0.2, 0.25) is 0 Å². The number of benzene rings is 2. The first-order valence-electron chi connectivity index (χ1n) is 6.39. The molecule has 0 unspecified atom stereocenters. The van der Waals surface area contributed by atoms with Crippen molar-refractivity contribution in [2.75, 3.05) is 5.32 Å². The lowest BCUT2D eigenvalue weighted by molar-refractivity contribution is 0.474. The first-order chi connectivity index (χ1) is 10.2. The Bertz CT molecular complexity index is 743. The van der Waals surface area contributed by atoms with Crippen LogP contribution in [0.2, 0.25) is 5.02 Å². The summed E-state index contributed by atoms with van der Waals surface area (Å²) in [5.41, 5.74) is 2.67. The van der Waals surface area contributed by atoms with Gasteiger partial charge in [0.15, 0.2) is 0 Å². The molecule has 3 aromatic rings. The highest BCUT2D eigenvalue weighted by molar-refractivity contribution is 6.31. The van der Waals surface area contributed by atoms with Crippen molar-refractivity contribution in [1.29, 1.82) is 0 Å². The Balaban J connectivity index is 1.86. The molecule has 0 saturated carbocycles. The molecule has 2 aromatic carbocycles. The van der Waals surface area contributed by atoms with Crippen molar-refractivity contribution >= 4 is 17.3 Å². The molecular weight excluding hydrogens is 288 g/mol. The van der Waals surface area contributed by atoms with Crippen LogP contribution in [0.4, 0.5) is 5.69 Å². The number of rotatable bonds is 4. The van der Waals surface area contributed by atoms with E-state index in [1.165, 1.54) is 6.33 Å². The smallest absolute Gasteiger partial charge is 0.138 e. The van der Waals surface area contributed by atoms with Gasteiger partial charge in [-0.1, -0.05) is 23.7 Å². The molecule has 0 fully saturated rings. The molecule has 5 nitrogen and oxygen atoms in total. The normalized spacial score (nSPS) is 10.5. The largest absolute Gasteiger partial charge is 0.508 e. The summed E-state index contributed by atoms with van der Waals surface area (Å²) in [7, 11) is 0. The van der Waals surface area contributed by atoms with Gasteiger partial charge < -0.3 is 10.4 Å². The van der Waals surface area contributed by atoms with Crippen molar-refractivity contribution in [2.45, 2.75) is 6.54 Å². The minimum absolute atomic E-state index is 0.247. The second-order valence-corrected chi connectivity index (χ2v) is 4.96. The zero-order valence-corrected chi connectivity index (χ0v) is 11.8. The molecule has 0 aliphatic carbocycles. The number of hydrogen-bond donors (Lipinski definition) is 2. The summed E-state index contributed by atoms with van der Waals surface area (Å²) in [6, 6.07) is 12.6. The molecule has 0 saturated heterocycles. The van der Waals surface area contributed by atoms with Crippen molar-refractivity contribution in [3.8, 4) is 11.4 Å². The van der Waals surface area contributed by atoms with Crippen molar-refractivity contribution in [2.24, 2.45) is 0 Å². The van der Waals surface area contributed by atoms with Gasteiger partial charge in [-0.05, 0) is 35.9 Å². The monoisotopic (exact) mass is 300 g/mol. The van der Waals surface area contributed by atoms with E-state index in [4.69, 9.17) is 11.6 Å². The maximum absolute atomic E-state index is 9.49. The van der Waals surface area contributed by atoms with E-state index in [0.717, 1.165) is 16.9 Å². The maximum atomic E-state index is 9.49. The lowest BCUT2D eigenvalue weighted by Crippen LogP contribution is -2.05. The number of nitrogens with one attached hydrogen (secondary N) is 1. The maximum Gasteiger partial charge on any atom is 0.138 e. The number of hydrogen-bond acceptors (Lipinski definition) is 4. The molecule has 106 valence electrons. The van der Waals surface area contributed by atoms with Gasteiger partial charge in [0.25, 0.3) is 0 Å². The Labute approximate surface area is 126 Å². The third kappa shape index (κ3) is 3.14. The molecule has 2 N–H and O–H groups in total. The number of phenols is 1. The van der Waals surface area contributed by atoms with Crippen LogP contribution >= 0.6 is 11.6 Å². The topological polar surface area (TPSA) is 63.0 Å². The van der Waals surface area contributed by atoms with Crippen LogP contribution < -0.4 is 5.32 Å². The highest BCUT2D eigenvalue weighted by Crippen LogP contribution is 2.24. The molecule has 0 aliphatic rings. The number of phenolic OH excluding ortho intramolecular Hbond substituents is 1. The number of nitrogens with zero attached hydrogens (tertiary/aromatic N) is 3. The fourth-order valence-electron chi connectivity index (χ4n) is 2.05. The molecule has 0 bridgehead atoms. The van der Waals surface area contributed by atoms with E-state index in [0.29, 0.717) is 11.6 Å². The Kier molecular flexibility index (Phi) is 3.75. The number of halogens is 1. The van der Waals surface area contributed by atoms with Crippen LogP contribution in [0.1, 0.15) is 5.56 Å². The summed E-state index contributed by atoms with van der Waals surface area (Å²) in [5.74, 6) is 0.247. The number of anilines is 1. The standard InChI is InChI=1S/C15H13ClN4O/c16-12-4-5-15(20-10-17-9-19-20)14(7-12)18-8-11-2-1-3-13(21)6-11/h1-7,9-10,18,21H,8H2. The highest BCUT2D eigenvalue weighted by Gasteiger charge is 2.06. The van der Waals surface area contributed by atoms with E-state index in [9.17, 15) is 5.11 Å². The number of aromatic hydroxyl groups is 1. The SMILES string of the molecule is Oc1cccc(CNc2cc(Cl)ccc2-n2cncn2)c1. The average molecular weight is 301 g/mol.